The largest absolute Gasteiger partial charge is 0.464 e. The van der Waals surface area contributed by atoms with Gasteiger partial charge in [-0.05, 0) is 25.3 Å². The molecule has 10 nitrogen and oxygen atoms in total. The fourth-order valence-corrected chi connectivity index (χ4v) is 4.39. The quantitative estimate of drug-likeness (QED) is 0.518. The molecule has 2 aromatic rings. The molecule has 11 heteroatoms. The van der Waals surface area contributed by atoms with Crippen LogP contribution in [0.1, 0.15) is 23.3 Å². The third-order valence-electron chi connectivity index (χ3n) is 4.60. The van der Waals surface area contributed by atoms with E-state index in [0.717, 1.165) is 12.8 Å². The summed E-state index contributed by atoms with van der Waals surface area (Å²) in [7, 11) is 1.51. The molecule has 1 aliphatic rings. The third kappa shape index (κ3) is 4.01. The molecule has 1 saturated heterocycles. The molecule has 1 fully saturated rings. The van der Waals surface area contributed by atoms with Crippen LogP contribution in [0, 0.1) is 6.92 Å². The molecule has 28 heavy (non-hydrogen) atoms. The molecule has 3 rings (SSSR count). The summed E-state index contributed by atoms with van der Waals surface area (Å²) in [5, 5.41) is 12.7. The number of hydrogen-bond acceptors (Lipinski definition) is 7. The monoisotopic (exact) mass is 410 g/mol. The van der Waals surface area contributed by atoms with E-state index in [1.54, 1.807) is 11.5 Å². The van der Waals surface area contributed by atoms with Gasteiger partial charge in [-0.3, -0.25) is 13.9 Å². The number of hydrogen-bond donors (Lipinski definition) is 2. The average molecular weight is 410 g/mol. The second-order valence-electron chi connectivity index (χ2n) is 6.42. The highest BCUT2D eigenvalue weighted by molar-refractivity contribution is 7.20. The van der Waals surface area contributed by atoms with Crippen LogP contribution in [0.3, 0.4) is 0 Å². The molecule has 2 aromatic heterocycles. The fourth-order valence-electron chi connectivity index (χ4n) is 3.21. The number of ether oxygens (including phenoxy) is 2. The zero-order valence-corrected chi connectivity index (χ0v) is 16.5. The molecule has 1 atom stereocenters. The van der Waals surface area contributed by atoms with Crippen molar-refractivity contribution < 1.29 is 19.4 Å². The molecule has 152 valence electrons. The highest BCUT2D eigenvalue weighted by atomic mass is 32.1. The molecule has 0 radical (unpaired) electrons. The number of nitrogens with one attached hydrogen (secondary N) is 1. The van der Waals surface area contributed by atoms with Gasteiger partial charge in [0.05, 0.1) is 42.3 Å². The molecule has 1 unspecified atom stereocenters. The topological polar surface area (TPSA) is 124 Å². The SMILES string of the molecule is COCCn1c(=O)c2c(C)c(/C=N/NC(=O)O)sc2n(CC2CCCO2)c1=O. The molecule has 0 saturated carbocycles. The third-order valence-corrected chi connectivity index (χ3v) is 5.85. The molecule has 0 aliphatic carbocycles. The number of thiophene rings is 1. The average Bonchev–Trinajstić information content (AvgIpc) is 3.27. The predicted molar refractivity (Wildman–Crippen MR) is 105 cm³/mol. The summed E-state index contributed by atoms with van der Waals surface area (Å²) in [5.41, 5.74) is 1.76. The van der Waals surface area contributed by atoms with Crippen molar-refractivity contribution in [3.8, 4) is 0 Å². The van der Waals surface area contributed by atoms with Gasteiger partial charge in [0.1, 0.15) is 4.83 Å². The number of methoxy groups -OCH3 is 1. The number of aryl methyl sites for hydroxylation is 1. The number of carboxylic acid groups (broad SMARTS) is 1. The number of nitrogens with zero attached hydrogens (tertiary/aromatic N) is 3. The zero-order chi connectivity index (χ0) is 20.3. The van der Waals surface area contributed by atoms with Crippen molar-refractivity contribution in [2.24, 2.45) is 5.10 Å². The van der Waals surface area contributed by atoms with E-state index in [9.17, 15) is 14.4 Å². The van der Waals surface area contributed by atoms with Crippen LogP contribution in [-0.4, -0.2) is 53.0 Å². The Labute approximate surface area is 164 Å². The number of carbonyl (C=O) groups is 1. The Morgan fingerprint density at radius 1 is 1.46 bits per heavy atom. The molecule has 0 spiro atoms. The molecule has 0 aromatic carbocycles. The van der Waals surface area contributed by atoms with E-state index in [0.29, 0.717) is 33.8 Å². The normalized spacial score (nSPS) is 17.0. The van der Waals surface area contributed by atoms with Gasteiger partial charge >= 0.3 is 11.8 Å². The van der Waals surface area contributed by atoms with Crippen LogP contribution in [0.5, 0.6) is 0 Å². The second-order valence-corrected chi connectivity index (χ2v) is 7.46. The lowest BCUT2D eigenvalue weighted by Crippen LogP contribution is -2.42. The van der Waals surface area contributed by atoms with Crippen molar-refractivity contribution in [2.45, 2.75) is 39.0 Å². The highest BCUT2D eigenvalue weighted by Crippen LogP contribution is 2.27. The minimum absolute atomic E-state index is 0.0810. The first-order chi connectivity index (χ1) is 13.4. The minimum atomic E-state index is -1.28. The summed E-state index contributed by atoms with van der Waals surface area (Å²) >= 11 is 1.23. The first-order valence-corrected chi connectivity index (χ1v) is 9.65. The summed E-state index contributed by atoms with van der Waals surface area (Å²) in [6.07, 6.45) is 1.77. The molecular formula is C17H22N4O6S. The van der Waals surface area contributed by atoms with Crippen molar-refractivity contribution in [1.29, 1.82) is 0 Å². The zero-order valence-electron chi connectivity index (χ0n) is 15.6. The van der Waals surface area contributed by atoms with Gasteiger partial charge in [0.25, 0.3) is 5.56 Å². The van der Waals surface area contributed by atoms with E-state index in [-0.39, 0.29) is 24.8 Å². The van der Waals surface area contributed by atoms with Crippen molar-refractivity contribution in [3.05, 3.63) is 31.3 Å². The second kappa shape index (κ2) is 8.67. The number of rotatable bonds is 7. The number of aromatic nitrogens is 2. The van der Waals surface area contributed by atoms with E-state index in [1.165, 1.54) is 29.2 Å². The van der Waals surface area contributed by atoms with Gasteiger partial charge in [-0.25, -0.2) is 15.0 Å². The smallest absolute Gasteiger partial charge is 0.425 e. The molecular weight excluding hydrogens is 388 g/mol. The Morgan fingerprint density at radius 2 is 2.25 bits per heavy atom. The number of fused-ring (bicyclic) bond motifs is 1. The van der Waals surface area contributed by atoms with Crippen molar-refractivity contribution in [1.82, 2.24) is 14.6 Å². The Hall–Kier alpha value is -2.50. The van der Waals surface area contributed by atoms with Crippen LogP contribution in [0.25, 0.3) is 10.2 Å². The Bertz CT molecular complexity index is 1020. The minimum Gasteiger partial charge on any atom is -0.464 e. The van der Waals surface area contributed by atoms with E-state index in [4.69, 9.17) is 14.6 Å². The molecule has 0 bridgehead atoms. The lowest BCUT2D eigenvalue weighted by atomic mass is 10.2. The number of hydrazone groups is 1. The van der Waals surface area contributed by atoms with Crippen molar-refractivity contribution in [2.75, 3.05) is 20.3 Å². The van der Waals surface area contributed by atoms with Gasteiger partial charge in [-0.15, -0.1) is 11.3 Å². The first kappa shape index (κ1) is 20.2. The summed E-state index contributed by atoms with van der Waals surface area (Å²) in [4.78, 5) is 37.7. The van der Waals surface area contributed by atoms with Gasteiger partial charge in [-0.1, -0.05) is 0 Å². The first-order valence-electron chi connectivity index (χ1n) is 8.83. The van der Waals surface area contributed by atoms with Crippen LogP contribution < -0.4 is 16.7 Å². The van der Waals surface area contributed by atoms with E-state index >= 15 is 0 Å². The standard InChI is InChI=1S/C17H22N4O6S/c1-10-12(8-18-19-16(23)24)28-15-13(10)14(22)20(5-7-26-2)17(25)21(15)9-11-4-3-6-27-11/h8,11,19H,3-7,9H2,1-2H3,(H,23,24)/b18-8+. The van der Waals surface area contributed by atoms with E-state index < -0.39 is 11.8 Å². The van der Waals surface area contributed by atoms with E-state index in [2.05, 4.69) is 5.10 Å². The molecule has 3 heterocycles. The molecule has 2 N–H and O–H groups in total. The summed E-state index contributed by atoms with van der Waals surface area (Å²) in [6, 6.07) is 0. The summed E-state index contributed by atoms with van der Waals surface area (Å²) in [5.74, 6) is 0. The van der Waals surface area contributed by atoms with Crippen molar-refractivity contribution >= 4 is 33.9 Å². The van der Waals surface area contributed by atoms with Crippen LogP contribution in [-0.2, 0) is 22.6 Å². The van der Waals surface area contributed by atoms with Gasteiger partial charge in [0.15, 0.2) is 0 Å². The van der Waals surface area contributed by atoms with Gasteiger partial charge in [-0.2, -0.15) is 5.10 Å². The van der Waals surface area contributed by atoms with Crippen LogP contribution in [0.15, 0.2) is 14.7 Å². The maximum atomic E-state index is 13.0. The number of amides is 1. The maximum absolute atomic E-state index is 13.0. The predicted octanol–water partition coefficient (Wildman–Crippen LogP) is 0.960. The Kier molecular flexibility index (Phi) is 6.27. The van der Waals surface area contributed by atoms with Crippen LogP contribution in [0.2, 0.25) is 0 Å². The van der Waals surface area contributed by atoms with Crippen LogP contribution >= 0.6 is 11.3 Å². The fraction of sp³-hybridized carbons (Fsp3) is 0.529. The lowest BCUT2D eigenvalue weighted by molar-refractivity contribution is 0.0964. The van der Waals surface area contributed by atoms with Crippen LogP contribution in [0.4, 0.5) is 4.79 Å². The summed E-state index contributed by atoms with van der Waals surface area (Å²) < 4.78 is 13.5. The lowest BCUT2D eigenvalue weighted by Gasteiger charge is -2.15. The Balaban J connectivity index is 2.16. The molecule has 1 amide bonds. The summed E-state index contributed by atoms with van der Waals surface area (Å²) in [6.45, 7) is 3.15. The van der Waals surface area contributed by atoms with Gasteiger partial charge in [0.2, 0.25) is 0 Å². The van der Waals surface area contributed by atoms with Gasteiger partial charge in [0, 0.05) is 13.7 Å². The van der Waals surface area contributed by atoms with Crippen molar-refractivity contribution in [3.63, 3.8) is 0 Å². The van der Waals surface area contributed by atoms with Gasteiger partial charge < -0.3 is 14.6 Å². The molecule has 1 aliphatic heterocycles. The Morgan fingerprint density at radius 3 is 2.89 bits per heavy atom. The maximum Gasteiger partial charge on any atom is 0.425 e. The van der Waals surface area contributed by atoms with E-state index in [1.807, 2.05) is 5.43 Å². The highest BCUT2D eigenvalue weighted by Gasteiger charge is 2.23.